The summed E-state index contributed by atoms with van der Waals surface area (Å²) < 4.78 is 0. The Hall–Kier alpha value is -2.25. The molecule has 1 atom stereocenters. The first-order valence-corrected chi connectivity index (χ1v) is 8.90. The third kappa shape index (κ3) is 4.87. The summed E-state index contributed by atoms with van der Waals surface area (Å²) >= 11 is 0. The number of piperazine rings is 1. The van der Waals surface area contributed by atoms with E-state index < -0.39 is 0 Å². The topological polar surface area (TPSA) is 97.2 Å². The molecule has 1 fully saturated rings. The minimum absolute atomic E-state index is 0.190. The molecule has 1 aliphatic rings. The van der Waals surface area contributed by atoms with Crippen LogP contribution in [0.4, 0.5) is 11.9 Å². The lowest BCUT2D eigenvalue weighted by molar-refractivity contribution is 0.0578. The number of anilines is 2. The number of benzene rings is 1. The molecule has 7 nitrogen and oxygen atoms in total. The van der Waals surface area contributed by atoms with Crippen molar-refractivity contribution in [1.29, 1.82) is 0 Å². The van der Waals surface area contributed by atoms with Crippen LogP contribution in [0.3, 0.4) is 0 Å². The molecule has 0 unspecified atom stereocenters. The van der Waals surface area contributed by atoms with E-state index in [-0.39, 0.29) is 11.9 Å². The minimum atomic E-state index is 0.190. The van der Waals surface area contributed by atoms with Gasteiger partial charge >= 0.3 is 0 Å². The summed E-state index contributed by atoms with van der Waals surface area (Å²) in [5.41, 5.74) is 12.7. The highest BCUT2D eigenvalue weighted by Crippen LogP contribution is 2.19. The molecule has 134 valence electrons. The summed E-state index contributed by atoms with van der Waals surface area (Å²) in [6.07, 6.45) is 2.36. The van der Waals surface area contributed by atoms with Crippen LogP contribution >= 0.6 is 0 Å². The second kappa shape index (κ2) is 8.22. The summed E-state index contributed by atoms with van der Waals surface area (Å²) in [5.74, 6) is 1.03. The number of nitrogens with zero attached hydrogens (tertiary/aromatic N) is 5. The molecule has 2 heterocycles. The molecule has 0 spiro atoms. The quantitative estimate of drug-likeness (QED) is 0.822. The van der Waals surface area contributed by atoms with E-state index >= 15 is 0 Å². The highest BCUT2D eigenvalue weighted by atomic mass is 15.3. The van der Waals surface area contributed by atoms with Crippen molar-refractivity contribution in [3.63, 3.8) is 0 Å². The Morgan fingerprint density at radius 3 is 2.40 bits per heavy atom. The number of aromatic nitrogens is 3. The van der Waals surface area contributed by atoms with Crippen LogP contribution in [0.5, 0.6) is 0 Å². The Bertz CT molecular complexity index is 656. The van der Waals surface area contributed by atoms with Crippen molar-refractivity contribution in [3.8, 4) is 0 Å². The Morgan fingerprint density at radius 2 is 1.72 bits per heavy atom. The average Bonchev–Trinajstić information content (AvgIpc) is 2.57. The number of hydrogen-bond acceptors (Lipinski definition) is 7. The fourth-order valence-electron chi connectivity index (χ4n) is 3.46. The Balaban J connectivity index is 1.64. The molecule has 0 aliphatic carbocycles. The molecule has 1 saturated heterocycles. The maximum absolute atomic E-state index is 5.68. The van der Waals surface area contributed by atoms with Gasteiger partial charge in [-0.3, -0.25) is 9.80 Å². The molecule has 1 aromatic heterocycles. The molecule has 0 radical (unpaired) electrons. The van der Waals surface area contributed by atoms with Gasteiger partial charge < -0.3 is 11.5 Å². The van der Waals surface area contributed by atoms with E-state index in [0.717, 1.165) is 26.2 Å². The van der Waals surface area contributed by atoms with Gasteiger partial charge in [0.1, 0.15) is 5.82 Å². The number of nitrogen functional groups attached to an aromatic ring is 2. The fraction of sp³-hybridized carbons (Fsp3) is 0.500. The summed E-state index contributed by atoms with van der Waals surface area (Å²) in [4.78, 5) is 17.2. The molecule has 25 heavy (non-hydrogen) atoms. The average molecular weight is 341 g/mol. The van der Waals surface area contributed by atoms with E-state index in [2.05, 4.69) is 62.0 Å². The SMILES string of the molecule is CCC[C@H]1CN(Cc2nc(N)nc(N)n2)CCN1Cc1ccccc1. The van der Waals surface area contributed by atoms with Crippen LogP contribution in [0.25, 0.3) is 0 Å². The lowest BCUT2D eigenvalue weighted by Gasteiger charge is -2.41. The molecule has 1 aliphatic heterocycles. The number of rotatable bonds is 6. The predicted octanol–water partition coefficient (Wildman–Crippen LogP) is 1.52. The molecule has 0 saturated carbocycles. The van der Waals surface area contributed by atoms with E-state index in [1.54, 1.807) is 0 Å². The first kappa shape index (κ1) is 17.6. The van der Waals surface area contributed by atoms with Crippen LogP contribution < -0.4 is 11.5 Å². The van der Waals surface area contributed by atoms with Crippen molar-refractivity contribution in [2.24, 2.45) is 0 Å². The highest BCUT2D eigenvalue weighted by Gasteiger charge is 2.26. The highest BCUT2D eigenvalue weighted by molar-refractivity contribution is 5.25. The van der Waals surface area contributed by atoms with Gasteiger partial charge in [-0.05, 0) is 12.0 Å². The summed E-state index contributed by atoms with van der Waals surface area (Å²) in [6, 6.07) is 11.2. The molecule has 4 N–H and O–H groups in total. The summed E-state index contributed by atoms with van der Waals surface area (Å²) in [7, 11) is 0. The standard InChI is InChI=1S/C18H27N7/c1-2-6-15-12-24(13-16-21-17(19)23-18(20)22-16)9-10-25(15)11-14-7-4-3-5-8-14/h3-5,7-8,15H,2,6,9-13H2,1H3,(H4,19,20,21,22,23)/t15-/m0/s1. The van der Waals surface area contributed by atoms with Crippen LogP contribution in [-0.2, 0) is 13.1 Å². The smallest absolute Gasteiger partial charge is 0.225 e. The van der Waals surface area contributed by atoms with Gasteiger partial charge in [0.2, 0.25) is 11.9 Å². The third-order valence-electron chi connectivity index (χ3n) is 4.62. The number of hydrogen-bond donors (Lipinski definition) is 2. The van der Waals surface area contributed by atoms with Crippen LogP contribution in [0, 0.1) is 0 Å². The first-order valence-electron chi connectivity index (χ1n) is 8.90. The molecule has 0 amide bonds. The maximum atomic E-state index is 5.68. The molecule has 3 rings (SSSR count). The Labute approximate surface area is 149 Å². The van der Waals surface area contributed by atoms with E-state index in [1.165, 1.54) is 18.4 Å². The van der Waals surface area contributed by atoms with Crippen LogP contribution in [0.2, 0.25) is 0 Å². The van der Waals surface area contributed by atoms with Gasteiger partial charge in [-0.25, -0.2) is 0 Å². The van der Waals surface area contributed by atoms with E-state index in [1.807, 2.05) is 0 Å². The van der Waals surface area contributed by atoms with Crippen molar-refractivity contribution < 1.29 is 0 Å². The monoisotopic (exact) mass is 341 g/mol. The van der Waals surface area contributed by atoms with Gasteiger partial charge in [0.25, 0.3) is 0 Å². The van der Waals surface area contributed by atoms with Crippen LogP contribution in [0.15, 0.2) is 30.3 Å². The molecule has 7 heteroatoms. The van der Waals surface area contributed by atoms with Gasteiger partial charge in [0, 0.05) is 32.2 Å². The van der Waals surface area contributed by atoms with Gasteiger partial charge in [-0.2, -0.15) is 15.0 Å². The minimum Gasteiger partial charge on any atom is -0.368 e. The van der Waals surface area contributed by atoms with E-state index in [9.17, 15) is 0 Å². The second-order valence-corrected chi connectivity index (χ2v) is 6.60. The summed E-state index contributed by atoms with van der Waals surface area (Å²) in [5, 5.41) is 0. The molecule has 0 bridgehead atoms. The Morgan fingerprint density at radius 1 is 1.00 bits per heavy atom. The van der Waals surface area contributed by atoms with Crippen LogP contribution in [-0.4, -0.2) is 50.4 Å². The maximum Gasteiger partial charge on any atom is 0.225 e. The van der Waals surface area contributed by atoms with Gasteiger partial charge in [-0.15, -0.1) is 0 Å². The summed E-state index contributed by atoms with van der Waals surface area (Å²) in [6.45, 7) is 6.94. The van der Waals surface area contributed by atoms with Crippen molar-refractivity contribution in [1.82, 2.24) is 24.8 Å². The number of nitrogens with two attached hydrogens (primary N) is 2. The van der Waals surface area contributed by atoms with Crippen molar-refractivity contribution in [3.05, 3.63) is 41.7 Å². The zero-order valence-electron chi connectivity index (χ0n) is 14.8. The van der Waals surface area contributed by atoms with Crippen molar-refractivity contribution >= 4 is 11.9 Å². The molecule has 2 aromatic rings. The van der Waals surface area contributed by atoms with E-state index in [0.29, 0.717) is 18.4 Å². The van der Waals surface area contributed by atoms with Crippen LogP contribution in [0.1, 0.15) is 31.2 Å². The predicted molar refractivity (Wildman–Crippen MR) is 99.5 cm³/mol. The zero-order valence-corrected chi connectivity index (χ0v) is 14.8. The lowest BCUT2D eigenvalue weighted by Crippen LogP contribution is -2.52. The zero-order chi connectivity index (χ0) is 17.6. The normalized spacial score (nSPS) is 19.2. The van der Waals surface area contributed by atoms with Gasteiger partial charge in [0.05, 0.1) is 6.54 Å². The third-order valence-corrected chi connectivity index (χ3v) is 4.62. The lowest BCUT2D eigenvalue weighted by atomic mass is 10.1. The van der Waals surface area contributed by atoms with E-state index in [4.69, 9.17) is 11.5 Å². The second-order valence-electron chi connectivity index (χ2n) is 6.60. The van der Waals surface area contributed by atoms with Gasteiger partial charge in [-0.1, -0.05) is 43.7 Å². The van der Waals surface area contributed by atoms with Crippen molar-refractivity contribution in [2.45, 2.75) is 38.9 Å². The molecular weight excluding hydrogens is 314 g/mol. The molecule has 1 aromatic carbocycles. The van der Waals surface area contributed by atoms with Gasteiger partial charge in [0.15, 0.2) is 0 Å². The molecular formula is C18H27N7. The fourth-order valence-corrected chi connectivity index (χ4v) is 3.46. The Kier molecular flexibility index (Phi) is 5.78. The largest absolute Gasteiger partial charge is 0.368 e. The van der Waals surface area contributed by atoms with Crippen molar-refractivity contribution in [2.75, 3.05) is 31.1 Å². The first-order chi connectivity index (χ1) is 12.1.